The average Bonchev–Trinajstić information content (AvgIpc) is 3.09. The number of carboxylic acids is 1. The highest BCUT2D eigenvalue weighted by atomic mass is 19.1. The lowest BCUT2D eigenvalue weighted by atomic mass is 10.1. The number of carboxylic acid groups (broad SMARTS) is 1. The average molecular weight is 290 g/mol. The summed E-state index contributed by atoms with van der Waals surface area (Å²) in [5, 5.41) is 13.1. The van der Waals surface area contributed by atoms with Gasteiger partial charge in [0.2, 0.25) is 0 Å². The van der Waals surface area contributed by atoms with Gasteiger partial charge in [0, 0.05) is 11.6 Å². The third kappa shape index (κ3) is 2.95. The second-order valence-corrected chi connectivity index (χ2v) is 5.15. The number of carbonyl (C=O) groups is 1. The zero-order chi connectivity index (χ0) is 14.8. The maximum atomic E-state index is 12.9. The van der Waals surface area contributed by atoms with Crippen LogP contribution in [0.4, 0.5) is 4.39 Å². The molecule has 0 saturated carbocycles. The van der Waals surface area contributed by atoms with E-state index in [4.69, 9.17) is 9.63 Å². The van der Waals surface area contributed by atoms with E-state index in [-0.39, 0.29) is 5.82 Å². The zero-order valence-corrected chi connectivity index (χ0v) is 11.3. The van der Waals surface area contributed by atoms with Crippen LogP contribution >= 0.6 is 0 Å². The first kappa shape index (κ1) is 13.8. The number of rotatable bonds is 4. The molecule has 0 radical (unpaired) electrons. The summed E-state index contributed by atoms with van der Waals surface area (Å²) in [6, 6.07) is 7.31. The molecule has 0 amide bonds. The predicted octanol–water partition coefficient (Wildman–Crippen LogP) is 2.53. The molecule has 1 aliphatic rings. The molecule has 1 atom stereocenters. The lowest BCUT2D eigenvalue weighted by Gasteiger charge is -2.18. The summed E-state index contributed by atoms with van der Waals surface area (Å²) >= 11 is 0. The summed E-state index contributed by atoms with van der Waals surface area (Å²) in [5.41, 5.74) is 1.39. The maximum Gasteiger partial charge on any atom is 0.320 e. The number of hydrogen-bond donors (Lipinski definition) is 1. The molecule has 2 heterocycles. The van der Waals surface area contributed by atoms with Gasteiger partial charge in [-0.1, -0.05) is 5.16 Å². The fraction of sp³-hybridized carbons (Fsp3) is 0.333. The molecule has 21 heavy (non-hydrogen) atoms. The van der Waals surface area contributed by atoms with Crippen molar-refractivity contribution < 1.29 is 18.8 Å². The van der Waals surface area contributed by atoms with Gasteiger partial charge >= 0.3 is 5.97 Å². The lowest BCUT2D eigenvalue weighted by molar-refractivity contribution is -0.142. The Bertz CT molecular complexity index is 639. The van der Waals surface area contributed by atoms with Gasteiger partial charge in [-0.15, -0.1) is 0 Å². The predicted molar refractivity (Wildman–Crippen MR) is 73.0 cm³/mol. The number of halogens is 1. The van der Waals surface area contributed by atoms with Crippen molar-refractivity contribution >= 4 is 5.97 Å². The molecule has 1 aliphatic heterocycles. The first-order chi connectivity index (χ1) is 10.1. The van der Waals surface area contributed by atoms with Crippen LogP contribution in [0.5, 0.6) is 0 Å². The van der Waals surface area contributed by atoms with Gasteiger partial charge in [-0.2, -0.15) is 0 Å². The molecule has 0 spiro atoms. The van der Waals surface area contributed by atoms with Crippen LogP contribution in [0.2, 0.25) is 0 Å². The first-order valence-corrected chi connectivity index (χ1v) is 6.82. The summed E-state index contributed by atoms with van der Waals surface area (Å²) in [6.45, 7) is 1.16. The normalized spacial score (nSPS) is 19.0. The van der Waals surface area contributed by atoms with Crippen molar-refractivity contribution in [3.05, 3.63) is 41.9 Å². The Morgan fingerprint density at radius 1 is 1.43 bits per heavy atom. The molecule has 1 saturated heterocycles. The fourth-order valence-corrected chi connectivity index (χ4v) is 2.64. The van der Waals surface area contributed by atoms with Gasteiger partial charge in [-0.3, -0.25) is 9.69 Å². The third-order valence-corrected chi connectivity index (χ3v) is 3.71. The molecule has 0 aliphatic carbocycles. The highest BCUT2D eigenvalue weighted by molar-refractivity contribution is 5.73. The Labute approximate surface area is 121 Å². The maximum absolute atomic E-state index is 12.9. The second kappa shape index (κ2) is 5.65. The van der Waals surface area contributed by atoms with Crippen molar-refractivity contribution in [1.82, 2.24) is 10.1 Å². The standard InChI is InChI=1S/C15H15FN2O3/c16-11-5-3-10(4-6-11)13-8-12(21-17-13)9-18-7-1-2-14(18)15(19)20/h3-6,8,14H,1-2,7,9H2,(H,19,20)/t14-/m0/s1. The van der Waals surface area contributed by atoms with Gasteiger partial charge in [-0.05, 0) is 43.7 Å². The smallest absolute Gasteiger partial charge is 0.320 e. The van der Waals surface area contributed by atoms with Crippen LogP contribution in [0.1, 0.15) is 18.6 Å². The van der Waals surface area contributed by atoms with Crippen molar-refractivity contribution in [3.63, 3.8) is 0 Å². The highest BCUT2D eigenvalue weighted by Crippen LogP contribution is 2.23. The quantitative estimate of drug-likeness (QED) is 0.937. The van der Waals surface area contributed by atoms with Crippen LogP contribution in [0.15, 0.2) is 34.9 Å². The van der Waals surface area contributed by atoms with Crippen molar-refractivity contribution in [1.29, 1.82) is 0 Å². The zero-order valence-electron chi connectivity index (χ0n) is 11.3. The van der Waals surface area contributed by atoms with Gasteiger partial charge in [0.25, 0.3) is 0 Å². The molecule has 6 heteroatoms. The molecule has 1 aromatic heterocycles. The molecule has 1 fully saturated rings. The second-order valence-electron chi connectivity index (χ2n) is 5.15. The number of aromatic nitrogens is 1. The van der Waals surface area contributed by atoms with E-state index >= 15 is 0 Å². The minimum atomic E-state index is -0.800. The summed E-state index contributed by atoms with van der Waals surface area (Å²) in [7, 11) is 0. The molecule has 1 aromatic carbocycles. The summed E-state index contributed by atoms with van der Waals surface area (Å²) in [5.74, 6) is -0.489. The van der Waals surface area contributed by atoms with Crippen LogP contribution in [0.3, 0.4) is 0 Å². The van der Waals surface area contributed by atoms with E-state index in [1.165, 1.54) is 12.1 Å². The molecule has 0 bridgehead atoms. The Kier molecular flexibility index (Phi) is 3.70. The van der Waals surface area contributed by atoms with E-state index < -0.39 is 12.0 Å². The molecule has 110 valence electrons. The molecular weight excluding hydrogens is 275 g/mol. The summed E-state index contributed by atoms with van der Waals surface area (Å²) < 4.78 is 18.2. The Hall–Kier alpha value is -2.21. The Morgan fingerprint density at radius 2 is 2.19 bits per heavy atom. The van der Waals surface area contributed by atoms with Gasteiger partial charge in [0.05, 0.1) is 6.54 Å². The first-order valence-electron chi connectivity index (χ1n) is 6.82. The number of likely N-dealkylation sites (tertiary alicyclic amines) is 1. The van der Waals surface area contributed by atoms with Crippen LogP contribution in [-0.4, -0.2) is 33.7 Å². The molecule has 5 nitrogen and oxygen atoms in total. The minimum Gasteiger partial charge on any atom is -0.480 e. The number of hydrogen-bond acceptors (Lipinski definition) is 4. The molecular formula is C15H15FN2O3. The Balaban J connectivity index is 1.73. The van der Waals surface area contributed by atoms with E-state index in [1.807, 2.05) is 4.90 Å². The third-order valence-electron chi connectivity index (χ3n) is 3.71. The van der Waals surface area contributed by atoms with E-state index in [1.54, 1.807) is 18.2 Å². The SMILES string of the molecule is O=C(O)[C@@H]1CCCN1Cc1cc(-c2ccc(F)cc2)no1. The highest BCUT2D eigenvalue weighted by Gasteiger charge is 2.31. The lowest BCUT2D eigenvalue weighted by Crippen LogP contribution is -2.35. The van der Waals surface area contributed by atoms with Crippen LogP contribution < -0.4 is 0 Å². The largest absolute Gasteiger partial charge is 0.480 e. The van der Waals surface area contributed by atoms with Crippen molar-refractivity contribution in [2.75, 3.05) is 6.54 Å². The van der Waals surface area contributed by atoms with E-state index in [2.05, 4.69) is 5.16 Å². The van der Waals surface area contributed by atoms with Crippen molar-refractivity contribution in [3.8, 4) is 11.3 Å². The number of aliphatic carboxylic acids is 1. The minimum absolute atomic E-state index is 0.302. The van der Waals surface area contributed by atoms with Crippen LogP contribution in [-0.2, 0) is 11.3 Å². The van der Waals surface area contributed by atoms with E-state index in [9.17, 15) is 9.18 Å². The Morgan fingerprint density at radius 3 is 2.90 bits per heavy atom. The van der Waals surface area contributed by atoms with E-state index in [0.717, 1.165) is 18.5 Å². The van der Waals surface area contributed by atoms with Gasteiger partial charge in [0.1, 0.15) is 17.6 Å². The topological polar surface area (TPSA) is 66.6 Å². The van der Waals surface area contributed by atoms with Crippen molar-refractivity contribution in [2.45, 2.75) is 25.4 Å². The van der Waals surface area contributed by atoms with E-state index in [0.29, 0.717) is 24.4 Å². The summed E-state index contributed by atoms with van der Waals surface area (Å²) in [6.07, 6.45) is 1.53. The number of benzene rings is 1. The molecule has 3 rings (SSSR count). The molecule has 2 aromatic rings. The van der Waals surface area contributed by atoms with Gasteiger partial charge in [0.15, 0.2) is 5.76 Å². The fourth-order valence-electron chi connectivity index (χ4n) is 2.64. The summed E-state index contributed by atoms with van der Waals surface area (Å²) in [4.78, 5) is 13.0. The molecule has 1 N–H and O–H groups in total. The van der Waals surface area contributed by atoms with Crippen LogP contribution in [0, 0.1) is 5.82 Å². The van der Waals surface area contributed by atoms with Gasteiger partial charge in [-0.25, -0.2) is 4.39 Å². The molecule has 0 unspecified atom stereocenters. The number of nitrogens with zero attached hydrogens (tertiary/aromatic N) is 2. The van der Waals surface area contributed by atoms with Crippen molar-refractivity contribution in [2.24, 2.45) is 0 Å². The van der Waals surface area contributed by atoms with Crippen LogP contribution in [0.25, 0.3) is 11.3 Å². The van der Waals surface area contributed by atoms with Gasteiger partial charge < -0.3 is 9.63 Å². The monoisotopic (exact) mass is 290 g/mol.